The predicted octanol–water partition coefficient (Wildman–Crippen LogP) is 4.07. The third-order valence-electron chi connectivity index (χ3n) is 3.18. The number of aromatic nitrogens is 2. The first-order valence-corrected chi connectivity index (χ1v) is 7.63. The van der Waals surface area contributed by atoms with Gasteiger partial charge in [0.2, 0.25) is 0 Å². The van der Waals surface area contributed by atoms with Crippen molar-refractivity contribution in [2.75, 3.05) is 0 Å². The Morgan fingerprint density at radius 2 is 1.95 bits per heavy atom. The average Bonchev–Trinajstić information content (AvgIpc) is 2.48. The number of nitrogens with zero attached hydrogens (tertiary/aromatic N) is 2. The van der Waals surface area contributed by atoms with Crippen LogP contribution in [0, 0.1) is 5.82 Å². The van der Waals surface area contributed by atoms with Crippen molar-refractivity contribution in [3.63, 3.8) is 0 Å². The van der Waals surface area contributed by atoms with Crippen LogP contribution in [-0.4, -0.2) is 9.55 Å². The maximum atomic E-state index is 13.1. The van der Waals surface area contributed by atoms with Gasteiger partial charge >= 0.3 is 0 Å². The van der Waals surface area contributed by atoms with E-state index in [2.05, 4.69) is 20.9 Å². The third kappa shape index (κ3) is 2.47. The molecule has 106 valence electrons. The van der Waals surface area contributed by atoms with Gasteiger partial charge in [-0.05, 0) is 41.8 Å². The second kappa shape index (κ2) is 5.58. The summed E-state index contributed by atoms with van der Waals surface area (Å²) in [5, 5.41) is 1.73. The van der Waals surface area contributed by atoms with Gasteiger partial charge in [0, 0.05) is 22.9 Å². The van der Waals surface area contributed by atoms with Crippen LogP contribution in [0.5, 0.6) is 0 Å². The van der Waals surface area contributed by atoms with Crippen LogP contribution < -0.4 is 5.56 Å². The van der Waals surface area contributed by atoms with E-state index < -0.39 is 0 Å². The highest BCUT2D eigenvalue weighted by molar-refractivity contribution is 9.08. The fourth-order valence-electron chi connectivity index (χ4n) is 2.24. The summed E-state index contributed by atoms with van der Waals surface area (Å²) >= 11 is 9.42. The summed E-state index contributed by atoms with van der Waals surface area (Å²) in [6.45, 7) is 0. The number of halogens is 3. The zero-order valence-electron chi connectivity index (χ0n) is 10.7. The first-order valence-electron chi connectivity index (χ1n) is 6.13. The summed E-state index contributed by atoms with van der Waals surface area (Å²) in [6, 6.07) is 9.34. The lowest BCUT2D eigenvalue weighted by atomic mass is 10.2. The highest BCUT2D eigenvalue weighted by Gasteiger charge is 2.13. The predicted molar refractivity (Wildman–Crippen MR) is 84.9 cm³/mol. The Balaban J connectivity index is 2.41. The molecule has 0 saturated heterocycles. The molecule has 0 spiro atoms. The summed E-state index contributed by atoms with van der Waals surface area (Å²) in [4.78, 5) is 16.7. The van der Waals surface area contributed by atoms with E-state index in [-0.39, 0.29) is 16.5 Å². The van der Waals surface area contributed by atoms with E-state index in [0.29, 0.717) is 16.4 Å². The molecule has 0 fully saturated rings. The summed E-state index contributed by atoms with van der Waals surface area (Å²) in [7, 11) is 0. The number of fused-ring (bicyclic) bond motifs is 1. The number of hydrogen-bond acceptors (Lipinski definition) is 2. The van der Waals surface area contributed by atoms with Gasteiger partial charge in [-0.3, -0.25) is 9.36 Å². The van der Waals surface area contributed by atoms with E-state index in [9.17, 15) is 9.18 Å². The largest absolute Gasteiger partial charge is 0.280 e. The molecule has 3 aromatic rings. The number of alkyl halides is 1. The average molecular weight is 368 g/mol. The van der Waals surface area contributed by atoms with Crippen molar-refractivity contribution in [1.82, 2.24) is 9.55 Å². The Morgan fingerprint density at radius 3 is 2.62 bits per heavy atom. The lowest BCUT2D eigenvalue weighted by molar-refractivity contribution is 0.627. The summed E-state index contributed by atoms with van der Waals surface area (Å²) in [6.07, 6.45) is 1.56. The van der Waals surface area contributed by atoms with Gasteiger partial charge in [0.1, 0.15) is 11.0 Å². The number of rotatable bonds is 2. The molecular formula is C15H9BrClFN2O. The lowest BCUT2D eigenvalue weighted by Crippen LogP contribution is -2.22. The highest BCUT2D eigenvalue weighted by atomic mass is 79.9. The van der Waals surface area contributed by atoms with E-state index in [1.54, 1.807) is 24.4 Å². The number of benzene rings is 1. The van der Waals surface area contributed by atoms with E-state index >= 15 is 0 Å². The van der Waals surface area contributed by atoms with Crippen LogP contribution in [0.4, 0.5) is 4.39 Å². The molecule has 6 heteroatoms. The zero-order valence-corrected chi connectivity index (χ0v) is 13.0. The zero-order chi connectivity index (χ0) is 15.0. The standard InChI is InChI=1S/C15H9BrClFN2O/c16-8-12-7-9-5-6-19-14(17)13(9)15(21)20(12)11-3-1-10(18)2-4-11/h1-7H,8H2. The molecule has 2 heterocycles. The van der Waals surface area contributed by atoms with Crippen LogP contribution in [0.25, 0.3) is 16.5 Å². The van der Waals surface area contributed by atoms with Crippen LogP contribution in [0.15, 0.2) is 47.4 Å². The molecule has 0 aliphatic heterocycles. The summed E-state index contributed by atoms with van der Waals surface area (Å²) in [5.41, 5.74) is 1.06. The number of hydrogen-bond donors (Lipinski definition) is 0. The molecule has 0 N–H and O–H groups in total. The van der Waals surface area contributed by atoms with Crippen LogP contribution in [-0.2, 0) is 5.33 Å². The maximum Gasteiger partial charge on any atom is 0.266 e. The molecule has 0 atom stereocenters. The third-order valence-corrected chi connectivity index (χ3v) is 4.05. The highest BCUT2D eigenvalue weighted by Crippen LogP contribution is 2.22. The Bertz CT molecular complexity index is 877. The van der Waals surface area contributed by atoms with Crippen LogP contribution in [0.3, 0.4) is 0 Å². The van der Waals surface area contributed by atoms with Gasteiger partial charge in [0.05, 0.1) is 5.39 Å². The van der Waals surface area contributed by atoms with Crippen LogP contribution in [0.1, 0.15) is 5.69 Å². The van der Waals surface area contributed by atoms with Gasteiger partial charge in [-0.1, -0.05) is 27.5 Å². The molecule has 3 nitrogen and oxygen atoms in total. The Kier molecular flexibility index (Phi) is 3.78. The fourth-order valence-corrected chi connectivity index (χ4v) is 2.90. The molecule has 0 bridgehead atoms. The van der Waals surface area contributed by atoms with E-state index in [1.807, 2.05) is 6.07 Å². The van der Waals surface area contributed by atoms with Crippen molar-refractivity contribution < 1.29 is 4.39 Å². The van der Waals surface area contributed by atoms with Crippen molar-refractivity contribution in [1.29, 1.82) is 0 Å². The summed E-state index contributed by atoms with van der Waals surface area (Å²) < 4.78 is 14.6. The van der Waals surface area contributed by atoms with E-state index in [0.717, 1.165) is 11.1 Å². The smallest absolute Gasteiger partial charge is 0.266 e. The van der Waals surface area contributed by atoms with Gasteiger partial charge in [-0.15, -0.1) is 0 Å². The summed E-state index contributed by atoms with van der Waals surface area (Å²) in [5.74, 6) is -0.354. The monoisotopic (exact) mass is 366 g/mol. The Hall–Kier alpha value is -1.72. The van der Waals surface area contributed by atoms with E-state index in [4.69, 9.17) is 11.6 Å². The van der Waals surface area contributed by atoms with Gasteiger partial charge < -0.3 is 0 Å². The molecule has 21 heavy (non-hydrogen) atoms. The molecular weight excluding hydrogens is 359 g/mol. The second-order valence-electron chi connectivity index (χ2n) is 4.45. The first kappa shape index (κ1) is 14.2. The van der Waals surface area contributed by atoms with E-state index in [1.165, 1.54) is 16.7 Å². The van der Waals surface area contributed by atoms with Gasteiger partial charge in [-0.2, -0.15) is 0 Å². The SMILES string of the molecule is O=c1c2c(Cl)nccc2cc(CBr)n1-c1ccc(F)cc1. The molecule has 0 aliphatic rings. The molecule has 0 unspecified atom stereocenters. The molecule has 0 aliphatic carbocycles. The fraction of sp³-hybridized carbons (Fsp3) is 0.0667. The van der Waals surface area contributed by atoms with Crippen molar-refractivity contribution in [2.45, 2.75) is 5.33 Å². The molecule has 2 aromatic heterocycles. The second-order valence-corrected chi connectivity index (χ2v) is 5.37. The number of pyridine rings is 2. The molecule has 1 aromatic carbocycles. The first-order chi connectivity index (χ1) is 10.1. The normalized spacial score (nSPS) is 11.0. The van der Waals surface area contributed by atoms with Crippen LogP contribution in [0.2, 0.25) is 5.15 Å². The molecule has 0 radical (unpaired) electrons. The molecule has 0 amide bonds. The van der Waals surface area contributed by atoms with Crippen LogP contribution >= 0.6 is 27.5 Å². The van der Waals surface area contributed by atoms with Crippen molar-refractivity contribution in [2.24, 2.45) is 0 Å². The van der Waals surface area contributed by atoms with Crippen molar-refractivity contribution in [3.05, 3.63) is 69.6 Å². The Labute approximate surface area is 133 Å². The van der Waals surface area contributed by atoms with Crippen molar-refractivity contribution >= 4 is 38.3 Å². The molecule has 3 rings (SSSR count). The van der Waals surface area contributed by atoms with Gasteiger partial charge in [-0.25, -0.2) is 9.37 Å². The quantitative estimate of drug-likeness (QED) is 0.505. The Morgan fingerprint density at radius 1 is 1.24 bits per heavy atom. The molecule has 0 saturated carbocycles. The van der Waals surface area contributed by atoms with Gasteiger partial charge in [0.15, 0.2) is 0 Å². The minimum Gasteiger partial charge on any atom is -0.280 e. The topological polar surface area (TPSA) is 34.9 Å². The van der Waals surface area contributed by atoms with Gasteiger partial charge in [0.25, 0.3) is 5.56 Å². The maximum absolute atomic E-state index is 13.1. The minimum absolute atomic E-state index is 0.162. The minimum atomic E-state index is -0.354. The lowest BCUT2D eigenvalue weighted by Gasteiger charge is -2.13. The van der Waals surface area contributed by atoms with Crippen molar-refractivity contribution in [3.8, 4) is 5.69 Å².